The summed E-state index contributed by atoms with van der Waals surface area (Å²) < 4.78 is 5.67. The number of rotatable bonds is 7. The van der Waals surface area contributed by atoms with Gasteiger partial charge in [0, 0.05) is 6.07 Å². The smallest absolute Gasteiger partial charge is 0.273 e. The van der Waals surface area contributed by atoms with Crippen LogP contribution < -0.4 is 4.74 Å². The Morgan fingerprint density at radius 2 is 1.86 bits per heavy atom. The Hall–Kier alpha value is -2.36. The van der Waals surface area contributed by atoms with Crippen LogP contribution in [0, 0.1) is 16.0 Å². The number of hydrogen-bond acceptors (Lipinski definition) is 3. The second-order valence-corrected chi connectivity index (χ2v) is 5.60. The Kier molecular flexibility index (Phi) is 5.53. The van der Waals surface area contributed by atoms with Gasteiger partial charge in [0.1, 0.15) is 11.5 Å². The summed E-state index contributed by atoms with van der Waals surface area (Å²) in [5, 5.41) is 10.8. The van der Waals surface area contributed by atoms with Gasteiger partial charge in [0.05, 0.1) is 11.0 Å². The zero-order chi connectivity index (χ0) is 15.9. The van der Waals surface area contributed by atoms with Gasteiger partial charge in [-0.05, 0) is 36.1 Å². The molecular formula is C18H21NO3. The molecule has 0 aliphatic rings. The summed E-state index contributed by atoms with van der Waals surface area (Å²) in [4.78, 5) is 10.3. The molecule has 0 radical (unpaired) electrons. The first-order chi connectivity index (χ1) is 10.6. The van der Waals surface area contributed by atoms with Gasteiger partial charge in [-0.3, -0.25) is 10.1 Å². The lowest BCUT2D eigenvalue weighted by Gasteiger charge is -2.11. The lowest BCUT2D eigenvalue weighted by atomic mass is 9.97. The molecular weight excluding hydrogens is 278 g/mol. The van der Waals surface area contributed by atoms with Crippen molar-refractivity contribution >= 4 is 5.69 Å². The van der Waals surface area contributed by atoms with Gasteiger partial charge in [0.25, 0.3) is 5.69 Å². The molecule has 0 saturated heterocycles. The number of non-ortho nitro benzene ring substituents is 1. The normalized spacial score (nSPS) is 11.9. The highest BCUT2D eigenvalue weighted by atomic mass is 16.6. The molecule has 2 aromatic carbocycles. The second-order valence-electron chi connectivity index (χ2n) is 5.60. The van der Waals surface area contributed by atoms with Crippen molar-refractivity contribution in [3.63, 3.8) is 0 Å². The first-order valence-corrected chi connectivity index (χ1v) is 7.59. The molecule has 0 N–H and O–H groups in total. The highest BCUT2D eigenvalue weighted by Gasteiger charge is 2.07. The molecule has 0 spiro atoms. The molecule has 22 heavy (non-hydrogen) atoms. The summed E-state index contributed by atoms with van der Waals surface area (Å²) in [5.41, 5.74) is 1.31. The Balaban J connectivity index is 2.02. The molecule has 0 aliphatic carbocycles. The van der Waals surface area contributed by atoms with E-state index in [9.17, 15) is 10.1 Å². The Morgan fingerprint density at radius 1 is 1.14 bits per heavy atom. The van der Waals surface area contributed by atoms with Crippen molar-refractivity contribution in [2.24, 2.45) is 5.92 Å². The van der Waals surface area contributed by atoms with Gasteiger partial charge >= 0.3 is 0 Å². The summed E-state index contributed by atoms with van der Waals surface area (Å²) in [6.45, 7) is 4.46. The fraction of sp³-hybridized carbons (Fsp3) is 0.333. The van der Waals surface area contributed by atoms with Gasteiger partial charge in [-0.1, -0.05) is 44.9 Å². The van der Waals surface area contributed by atoms with Gasteiger partial charge in [-0.2, -0.15) is 0 Å². The standard InChI is InChI=1S/C18H21NO3/c1-3-5-14(2)12-15-8-10-17(11-9-15)22-18-7-4-6-16(13-18)19(20)21/h4,6-11,13-14H,3,5,12H2,1-2H3. The Morgan fingerprint density at radius 3 is 2.50 bits per heavy atom. The van der Waals surface area contributed by atoms with E-state index in [-0.39, 0.29) is 5.69 Å². The van der Waals surface area contributed by atoms with Crippen LogP contribution in [0.3, 0.4) is 0 Å². The number of hydrogen-bond donors (Lipinski definition) is 0. The number of nitro benzene ring substituents is 1. The summed E-state index contributed by atoms with van der Waals surface area (Å²) in [6.07, 6.45) is 3.49. The summed E-state index contributed by atoms with van der Waals surface area (Å²) in [7, 11) is 0. The third-order valence-electron chi connectivity index (χ3n) is 3.55. The van der Waals surface area contributed by atoms with Crippen LogP contribution in [0.1, 0.15) is 32.3 Å². The topological polar surface area (TPSA) is 52.4 Å². The monoisotopic (exact) mass is 299 g/mol. The highest BCUT2D eigenvalue weighted by molar-refractivity contribution is 5.40. The van der Waals surface area contributed by atoms with Crippen LogP contribution in [0.4, 0.5) is 5.69 Å². The number of benzene rings is 2. The van der Waals surface area contributed by atoms with E-state index in [0.29, 0.717) is 17.4 Å². The van der Waals surface area contributed by atoms with Crippen molar-refractivity contribution in [1.29, 1.82) is 0 Å². The molecule has 0 aromatic heterocycles. The lowest BCUT2D eigenvalue weighted by Crippen LogP contribution is -1.98. The molecule has 1 unspecified atom stereocenters. The van der Waals surface area contributed by atoms with Crippen LogP contribution in [0.15, 0.2) is 48.5 Å². The fourth-order valence-electron chi connectivity index (χ4n) is 2.49. The minimum Gasteiger partial charge on any atom is -0.457 e. The van der Waals surface area contributed by atoms with Crippen LogP contribution >= 0.6 is 0 Å². The van der Waals surface area contributed by atoms with E-state index in [4.69, 9.17) is 4.74 Å². The molecule has 2 rings (SSSR count). The zero-order valence-electron chi connectivity index (χ0n) is 13.0. The van der Waals surface area contributed by atoms with Gasteiger partial charge in [-0.15, -0.1) is 0 Å². The summed E-state index contributed by atoms with van der Waals surface area (Å²) in [5.74, 6) is 1.84. The predicted octanol–water partition coefficient (Wildman–Crippen LogP) is 5.37. The third-order valence-corrected chi connectivity index (χ3v) is 3.55. The summed E-state index contributed by atoms with van der Waals surface area (Å²) >= 11 is 0. The molecule has 116 valence electrons. The van der Waals surface area contributed by atoms with Crippen LogP contribution in [0.25, 0.3) is 0 Å². The average molecular weight is 299 g/mol. The molecule has 0 aliphatic heterocycles. The van der Waals surface area contributed by atoms with Crippen molar-refractivity contribution in [2.45, 2.75) is 33.1 Å². The molecule has 1 atom stereocenters. The number of nitrogens with zero attached hydrogens (tertiary/aromatic N) is 1. The maximum Gasteiger partial charge on any atom is 0.273 e. The van der Waals surface area contributed by atoms with Crippen molar-refractivity contribution in [3.05, 3.63) is 64.2 Å². The molecule has 0 heterocycles. The van der Waals surface area contributed by atoms with Crippen molar-refractivity contribution in [1.82, 2.24) is 0 Å². The van der Waals surface area contributed by atoms with Crippen LogP contribution in [-0.2, 0) is 6.42 Å². The molecule has 0 fully saturated rings. The summed E-state index contributed by atoms with van der Waals surface area (Å²) in [6, 6.07) is 14.1. The van der Waals surface area contributed by atoms with Crippen LogP contribution in [-0.4, -0.2) is 4.92 Å². The maximum absolute atomic E-state index is 10.8. The lowest BCUT2D eigenvalue weighted by molar-refractivity contribution is -0.384. The molecule has 0 saturated carbocycles. The molecule has 2 aromatic rings. The van der Waals surface area contributed by atoms with Crippen LogP contribution in [0.2, 0.25) is 0 Å². The molecule has 0 bridgehead atoms. The first kappa shape index (κ1) is 16.0. The van der Waals surface area contributed by atoms with E-state index >= 15 is 0 Å². The van der Waals surface area contributed by atoms with Gasteiger partial charge < -0.3 is 4.74 Å². The molecule has 4 nitrogen and oxygen atoms in total. The van der Waals surface area contributed by atoms with E-state index < -0.39 is 4.92 Å². The molecule has 0 amide bonds. The fourth-order valence-corrected chi connectivity index (χ4v) is 2.49. The Labute approximate surface area is 130 Å². The van der Waals surface area contributed by atoms with E-state index in [1.165, 1.54) is 30.5 Å². The van der Waals surface area contributed by atoms with Crippen molar-refractivity contribution in [2.75, 3.05) is 0 Å². The minimum absolute atomic E-state index is 0.0301. The quantitative estimate of drug-likeness (QED) is 0.510. The van der Waals surface area contributed by atoms with Gasteiger partial charge in [0.2, 0.25) is 0 Å². The van der Waals surface area contributed by atoms with E-state index in [0.717, 1.165) is 6.42 Å². The van der Waals surface area contributed by atoms with Crippen molar-refractivity contribution in [3.8, 4) is 11.5 Å². The zero-order valence-corrected chi connectivity index (χ0v) is 13.0. The average Bonchev–Trinajstić information content (AvgIpc) is 2.50. The van der Waals surface area contributed by atoms with E-state index in [1.54, 1.807) is 12.1 Å². The first-order valence-electron chi connectivity index (χ1n) is 7.59. The number of nitro groups is 1. The maximum atomic E-state index is 10.8. The second kappa shape index (κ2) is 7.59. The predicted molar refractivity (Wildman–Crippen MR) is 87.4 cm³/mol. The Bertz CT molecular complexity index is 622. The SMILES string of the molecule is CCCC(C)Cc1ccc(Oc2cccc([N+](=O)[O-])c2)cc1. The third kappa shape index (κ3) is 4.58. The largest absolute Gasteiger partial charge is 0.457 e. The van der Waals surface area contributed by atoms with E-state index in [2.05, 4.69) is 26.0 Å². The van der Waals surface area contributed by atoms with Gasteiger partial charge in [-0.25, -0.2) is 0 Å². The van der Waals surface area contributed by atoms with Crippen LogP contribution in [0.5, 0.6) is 11.5 Å². The van der Waals surface area contributed by atoms with Crippen molar-refractivity contribution < 1.29 is 9.66 Å². The number of ether oxygens (including phenoxy) is 1. The highest BCUT2D eigenvalue weighted by Crippen LogP contribution is 2.26. The van der Waals surface area contributed by atoms with E-state index in [1.807, 2.05) is 12.1 Å². The van der Waals surface area contributed by atoms with Gasteiger partial charge in [0.15, 0.2) is 0 Å². The molecule has 4 heteroatoms. The minimum atomic E-state index is -0.426.